The maximum absolute atomic E-state index is 16.2. The number of hydrogen-bond donors (Lipinski definition) is 0. The highest BCUT2D eigenvalue weighted by atomic mass is 19.4. The standard InChI is InChI=1S/C28H2F15N3O4/c29-14-7(4(1-44)20-25(50-20)28(41,42)43)15(30)11-10(14)12-16(31)8(5(2-45)23(47)26(35,36)37)18(33)21(12)49-22-13(11)17(32)9(19(22)34)6(3-46)24(48)27(38,39)40/h20,25H/b7-4?,8-5-,9-6+. The fraction of sp³-hybridized carbons (Fsp3) is 0.179. The van der Waals surface area contributed by atoms with Crippen LogP contribution in [0.5, 0.6) is 0 Å². The maximum Gasteiger partial charge on any atom is 0.455 e. The van der Waals surface area contributed by atoms with Crippen LogP contribution >= 0.6 is 0 Å². The Morgan fingerprint density at radius 3 is 1.18 bits per heavy atom. The Kier molecular flexibility index (Phi) is 7.88. The third kappa shape index (κ3) is 4.95. The molecule has 2 heterocycles. The number of halogens is 15. The number of hydrogen-bond acceptors (Lipinski definition) is 7. The normalized spacial score (nSPS) is 18.5. The van der Waals surface area contributed by atoms with E-state index < -0.39 is 142 Å². The van der Waals surface area contributed by atoms with Crippen LogP contribution in [0, 0.1) is 68.9 Å². The molecule has 5 rings (SSSR count). The molecule has 0 spiro atoms. The van der Waals surface area contributed by atoms with Crippen LogP contribution in [-0.4, -0.2) is 42.3 Å². The molecule has 0 bridgehead atoms. The number of carbonyl (C=O) groups is 2. The Balaban J connectivity index is 2.22. The molecule has 1 fully saturated rings. The monoisotopic (exact) mass is 729 g/mol. The number of ether oxygens (including phenoxy) is 1. The number of rotatable bonds is 3. The molecule has 258 valence electrons. The van der Waals surface area contributed by atoms with E-state index in [9.17, 15) is 54.4 Å². The number of fused-ring (bicyclic) bond motifs is 5. The van der Waals surface area contributed by atoms with Crippen LogP contribution in [0.2, 0.25) is 0 Å². The lowest BCUT2D eigenvalue weighted by Crippen LogP contribution is -2.28. The first-order valence-electron chi connectivity index (χ1n) is 12.5. The molecule has 1 saturated heterocycles. The summed E-state index contributed by atoms with van der Waals surface area (Å²) in [6.07, 6.45) is -22.9. The number of Topliss-reactive ketones (excluding diaryl/α,β-unsaturated/α-hetero) is 2. The van der Waals surface area contributed by atoms with Gasteiger partial charge in [-0.15, -0.1) is 0 Å². The summed E-state index contributed by atoms with van der Waals surface area (Å²) in [5, 5.41) is 13.2. The molecule has 1 aromatic heterocycles. The van der Waals surface area contributed by atoms with E-state index in [-0.39, 0.29) is 0 Å². The zero-order valence-electron chi connectivity index (χ0n) is 22.8. The Labute approximate surface area is 261 Å². The summed E-state index contributed by atoms with van der Waals surface area (Å²) in [6.45, 7) is 0. The minimum Gasteiger partial charge on any atom is -0.450 e. The van der Waals surface area contributed by atoms with Crippen molar-refractivity contribution < 1.29 is 84.6 Å². The predicted octanol–water partition coefficient (Wildman–Crippen LogP) is 4.91. The van der Waals surface area contributed by atoms with Gasteiger partial charge < -0.3 is 9.15 Å². The van der Waals surface area contributed by atoms with E-state index >= 15 is 26.3 Å². The quantitative estimate of drug-likeness (QED) is 0.217. The van der Waals surface area contributed by atoms with Gasteiger partial charge in [-0.05, 0) is 0 Å². The van der Waals surface area contributed by atoms with Crippen LogP contribution < -0.4 is 15.7 Å². The van der Waals surface area contributed by atoms with Crippen molar-refractivity contribution in [1.82, 2.24) is 0 Å². The fourth-order valence-electron chi connectivity index (χ4n) is 5.11. The van der Waals surface area contributed by atoms with Crippen molar-refractivity contribution in [3.8, 4) is 18.2 Å². The van der Waals surface area contributed by atoms with Crippen LogP contribution in [0.1, 0.15) is 0 Å². The minimum atomic E-state index is -6.05. The van der Waals surface area contributed by atoms with Crippen molar-refractivity contribution in [3.05, 3.63) is 50.6 Å². The van der Waals surface area contributed by atoms with E-state index in [1.807, 2.05) is 0 Å². The summed E-state index contributed by atoms with van der Waals surface area (Å²) < 4.78 is 223. The van der Waals surface area contributed by atoms with Crippen LogP contribution in [0.4, 0.5) is 65.9 Å². The second-order valence-electron chi connectivity index (χ2n) is 9.94. The van der Waals surface area contributed by atoms with Crippen molar-refractivity contribution >= 4 is 61.0 Å². The molecule has 2 atom stereocenters. The van der Waals surface area contributed by atoms with Gasteiger partial charge in [0.25, 0.3) is 11.6 Å². The SMILES string of the molecule is N#CC(=c1c(F)c2c3c(F)/c(=C(\C#N)C(=O)C(F)(F)F)c(F)c3oc3c(F)/c(=C(\C#N)C(=O)C(F)(F)F)c(F)c3c2c1F)C1OC1C(F)(F)F. The summed E-state index contributed by atoms with van der Waals surface area (Å²) in [5.41, 5.74) is -10.7. The average molecular weight is 729 g/mol. The van der Waals surface area contributed by atoms with E-state index in [0.29, 0.717) is 12.1 Å². The topological polar surface area (TPSA) is 131 Å². The maximum atomic E-state index is 16.2. The molecule has 0 aliphatic carbocycles. The molecule has 2 unspecified atom stereocenters. The van der Waals surface area contributed by atoms with Crippen molar-refractivity contribution in [3.63, 3.8) is 0 Å². The minimum absolute atomic E-state index is 0.505. The summed E-state index contributed by atoms with van der Waals surface area (Å²) in [4.78, 5) is 23.6. The molecule has 0 saturated carbocycles. The van der Waals surface area contributed by atoms with Crippen molar-refractivity contribution in [2.45, 2.75) is 30.7 Å². The molecular weight excluding hydrogens is 727 g/mol. The number of carbonyl (C=O) groups excluding carboxylic acids is 2. The highest BCUT2D eigenvalue weighted by molar-refractivity contribution is 6.25. The van der Waals surface area contributed by atoms with Gasteiger partial charge in [0.15, 0.2) is 28.9 Å². The Hall–Kier alpha value is -5.82. The number of ketones is 2. The number of alkyl halides is 9. The average Bonchev–Trinajstić information content (AvgIpc) is 3.71. The van der Waals surface area contributed by atoms with Gasteiger partial charge in [0.2, 0.25) is 0 Å². The lowest BCUT2D eigenvalue weighted by molar-refractivity contribution is -0.164. The lowest BCUT2D eigenvalue weighted by Gasteiger charge is -2.02. The largest absolute Gasteiger partial charge is 0.455 e. The molecule has 7 nitrogen and oxygen atoms in total. The molecule has 0 amide bonds. The fourth-order valence-corrected chi connectivity index (χ4v) is 5.11. The molecule has 0 N–H and O–H groups in total. The van der Waals surface area contributed by atoms with Gasteiger partial charge in [-0.25, -0.2) is 26.3 Å². The van der Waals surface area contributed by atoms with Crippen LogP contribution in [-0.2, 0) is 14.3 Å². The predicted molar refractivity (Wildman–Crippen MR) is 129 cm³/mol. The number of nitrogens with zero attached hydrogens (tertiary/aromatic N) is 3. The molecule has 50 heavy (non-hydrogen) atoms. The molecular formula is C28H2F15N3O4. The van der Waals surface area contributed by atoms with Gasteiger partial charge in [-0.1, -0.05) is 0 Å². The zero-order chi connectivity index (χ0) is 37.7. The van der Waals surface area contributed by atoms with Crippen LogP contribution in [0.15, 0.2) is 4.42 Å². The van der Waals surface area contributed by atoms with Gasteiger partial charge in [0.1, 0.15) is 52.7 Å². The van der Waals surface area contributed by atoms with Gasteiger partial charge in [-0.3, -0.25) is 9.59 Å². The summed E-state index contributed by atoms with van der Waals surface area (Å²) in [7, 11) is 0. The van der Waals surface area contributed by atoms with Gasteiger partial charge in [0, 0.05) is 10.8 Å². The van der Waals surface area contributed by atoms with E-state index in [2.05, 4.69) is 9.15 Å². The second kappa shape index (κ2) is 11.1. The summed E-state index contributed by atoms with van der Waals surface area (Å²) in [5.74, 6) is -21.9. The van der Waals surface area contributed by atoms with E-state index in [4.69, 9.17) is 10.5 Å². The molecule has 1 aliphatic rings. The number of epoxide rings is 1. The Bertz CT molecular complexity index is 2430. The lowest BCUT2D eigenvalue weighted by atomic mass is 10.1. The van der Waals surface area contributed by atoms with E-state index in [1.54, 1.807) is 0 Å². The molecule has 1 aliphatic heterocycles. The van der Waals surface area contributed by atoms with Gasteiger partial charge in [0.05, 0.1) is 38.1 Å². The molecule has 22 heteroatoms. The van der Waals surface area contributed by atoms with Crippen LogP contribution in [0.3, 0.4) is 0 Å². The summed E-state index contributed by atoms with van der Waals surface area (Å²) in [6, 6.07) is 1.94. The van der Waals surface area contributed by atoms with Gasteiger partial charge >= 0.3 is 18.5 Å². The first kappa shape index (κ1) is 35.5. The van der Waals surface area contributed by atoms with Crippen molar-refractivity contribution in [2.75, 3.05) is 0 Å². The third-order valence-electron chi connectivity index (χ3n) is 7.18. The van der Waals surface area contributed by atoms with E-state index in [0.717, 1.165) is 6.07 Å². The third-order valence-corrected chi connectivity index (χ3v) is 7.18. The first-order chi connectivity index (χ1) is 23.0. The van der Waals surface area contributed by atoms with E-state index in [1.165, 1.54) is 0 Å². The van der Waals surface area contributed by atoms with Crippen molar-refractivity contribution in [2.24, 2.45) is 0 Å². The molecule has 0 radical (unpaired) electrons. The highest BCUT2D eigenvalue weighted by Crippen LogP contribution is 2.43. The van der Waals surface area contributed by atoms with Crippen LogP contribution in [0.25, 0.3) is 49.4 Å². The zero-order valence-corrected chi connectivity index (χ0v) is 22.8. The van der Waals surface area contributed by atoms with Gasteiger partial charge in [-0.2, -0.15) is 55.3 Å². The second-order valence-corrected chi connectivity index (χ2v) is 9.94. The van der Waals surface area contributed by atoms with Crippen molar-refractivity contribution in [1.29, 1.82) is 15.8 Å². The Morgan fingerprint density at radius 1 is 0.540 bits per heavy atom. The molecule has 3 aromatic carbocycles. The summed E-state index contributed by atoms with van der Waals surface area (Å²) >= 11 is 0. The number of nitriles is 3. The Morgan fingerprint density at radius 2 is 0.900 bits per heavy atom. The first-order valence-corrected chi connectivity index (χ1v) is 12.5. The molecule has 4 aromatic rings. The highest BCUT2D eigenvalue weighted by Gasteiger charge is 2.60. The smallest absolute Gasteiger partial charge is 0.450 e.